The van der Waals surface area contributed by atoms with E-state index in [-0.39, 0.29) is 11.3 Å². The molecule has 13 heteroatoms. The Morgan fingerprint density at radius 2 is 1.78 bits per heavy atom. The molecule has 0 atom stereocenters. The number of hydrogen-bond donors (Lipinski definition) is 1. The lowest BCUT2D eigenvalue weighted by Gasteiger charge is -2.32. The molecule has 9 nitrogen and oxygen atoms in total. The number of nitrogens with one attached hydrogen (secondary N) is 1. The third-order valence-electron chi connectivity index (χ3n) is 6.83. The zero-order valence-electron chi connectivity index (χ0n) is 24.6. The molecule has 0 bridgehead atoms. The Kier molecular flexibility index (Phi) is 9.24. The fourth-order valence-corrected chi connectivity index (χ4v) is 5.95. The summed E-state index contributed by atoms with van der Waals surface area (Å²) in [5, 5.41) is 17.4. The van der Waals surface area contributed by atoms with E-state index in [9.17, 15) is 23.2 Å². The van der Waals surface area contributed by atoms with E-state index in [1.54, 1.807) is 24.3 Å². The summed E-state index contributed by atoms with van der Waals surface area (Å²) in [6.45, 7) is 6.92. The molecule has 1 aliphatic heterocycles. The lowest BCUT2D eigenvalue weighted by Crippen LogP contribution is -2.36. The second-order valence-electron chi connectivity index (χ2n) is 10.2. The number of anilines is 1. The Balaban J connectivity index is 1.27. The number of aliphatic imine (C=N–C) groups is 1. The third-order valence-corrected chi connectivity index (χ3v) is 7.89. The number of hydrogen-bond acceptors (Lipinski definition) is 6. The van der Waals surface area contributed by atoms with Gasteiger partial charge in [-0.1, -0.05) is 53.7 Å². The first-order valence-corrected chi connectivity index (χ1v) is 14.9. The van der Waals surface area contributed by atoms with Gasteiger partial charge in [0.25, 0.3) is 0 Å². The minimum atomic E-state index is -4.77. The monoisotopic (exact) mass is 631 g/mol. The van der Waals surface area contributed by atoms with Gasteiger partial charge in [0.15, 0.2) is 11.0 Å². The zero-order chi connectivity index (χ0) is 32.1. The van der Waals surface area contributed by atoms with Crippen LogP contribution in [0.3, 0.4) is 0 Å². The Bertz CT molecular complexity index is 1790. The third kappa shape index (κ3) is 7.71. The van der Waals surface area contributed by atoms with Crippen molar-refractivity contribution in [3.8, 4) is 28.9 Å². The summed E-state index contributed by atoms with van der Waals surface area (Å²) in [5.74, 6) is 0.890. The molecule has 230 valence electrons. The number of nitrogens with zero attached hydrogens (tertiary/aromatic N) is 6. The minimum absolute atomic E-state index is 0.230. The molecule has 1 aromatic heterocycles. The van der Waals surface area contributed by atoms with E-state index in [4.69, 9.17) is 0 Å². The number of nitriles is 1. The van der Waals surface area contributed by atoms with Crippen LogP contribution in [0.2, 0.25) is 0 Å². The number of aryl methyl sites for hydroxylation is 3. The number of aromatic nitrogens is 3. The van der Waals surface area contributed by atoms with Gasteiger partial charge < -0.3 is 15.0 Å². The summed E-state index contributed by atoms with van der Waals surface area (Å²) in [5.41, 5.74) is 6.41. The number of amides is 2. The molecule has 2 amide bonds. The van der Waals surface area contributed by atoms with Crippen molar-refractivity contribution in [2.75, 3.05) is 17.2 Å². The Morgan fingerprint density at radius 3 is 2.42 bits per heavy atom. The Labute approximate surface area is 262 Å². The van der Waals surface area contributed by atoms with E-state index in [0.29, 0.717) is 27.8 Å². The van der Waals surface area contributed by atoms with Crippen LogP contribution >= 0.6 is 11.8 Å². The highest BCUT2D eigenvalue weighted by atomic mass is 32.2. The van der Waals surface area contributed by atoms with Gasteiger partial charge in [0.1, 0.15) is 18.1 Å². The number of amidine groups is 1. The van der Waals surface area contributed by atoms with E-state index in [0.717, 1.165) is 35.5 Å². The van der Waals surface area contributed by atoms with E-state index in [1.807, 2.05) is 0 Å². The Morgan fingerprint density at radius 1 is 1.09 bits per heavy atom. The standard InChI is InChI=1S/C32H28F3N7O2S/c1-20-15-21(2)28(22(3)16-20)41-13-4-14-45-31(41)39-30(43)37-18-25(17-36)23-5-7-24(8-6-23)29-38-19-42(40-29)26-9-11-27(12-10-26)44-32(33,34)35/h5-12,15-16,18-19H,4,13-14H2,1-3H3,(H,37,43)/b25-18+,39-31-. The first-order valence-electron chi connectivity index (χ1n) is 13.9. The number of urea groups is 1. The van der Waals surface area contributed by atoms with E-state index in [1.165, 1.54) is 58.8 Å². The second-order valence-corrected chi connectivity index (χ2v) is 11.3. The smallest absolute Gasteiger partial charge is 0.406 e. The SMILES string of the molecule is Cc1cc(C)c(N2CCCS/C2=N\C(=O)N/C=C(\C#N)c2ccc(-c3ncn(-c4ccc(OC(F)(F)F)cc4)n3)cc2)c(C)c1. The molecule has 5 rings (SSSR count). The topological polar surface area (TPSA) is 108 Å². The largest absolute Gasteiger partial charge is 0.573 e. The van der Waals surface area contributed by atoms with Gasteiger partial charge in [0, 0.05) is 29.7 Å². The summed E-state index contributed by atoms with van der Waals surface area (Å²) in [6, 6.07) is 17.9. The first kappa shape index (κ1) is 31.3. The zero-order valence-corrected chi connectivity index (χ0v) is 25.4. The molecule has 1 fully saturated rings. The molecule has 0 unspecified atom stereocenters. The minimum Gasteiger partial charge on any atom is -0.406 e. The van der Waals surface area contributed by atoms with Gasteiger partial charge in [-0.2, -0.15) is 10.3 Å². The molecule has 3 aromatic carbocycles. The van der Waals surface area contributed by atoms with Gasteiger partial charge in [-0.05, 0) is 68.1 Å². The maximum atomic E-state index is 12.8. The summed E-state index contributed by atoms with van der Waals surface area (Å²) in [6.07, 6.45) is -1.03. The molecule has 0 radical (unpaired) electrons. The number of rotatable bonds is 6. The maximum absolute atomic E-state index is 12.8. The number of ether oxygens (including phenoxy) is 1. The van der Waals surface area contributed by atoms with Crippen molar-refractivity contribution < 1.29 is 22.7 Å². The number of halogens is 3. The number of allylic oxidation sites excluding steroid dienone is 1. The predicted octanol–water partition coefficient (Wildman–Crippen LogP) is 7.33. The molecular formula is C32H28F3N7O2S. The Hall–Kier alpha value is -5.09. The van der Waals surface area contributed by atoms with Crippen LogP contribution in [0.15, 0.2) is 78.2 Å². The van der Waals surface area contributed by atoms with Crippen LogP contribution < -0.4 is 15.0 Å². The lowest BCUT2D eigenvalue weighted by molar-refractivity contribution is -0.274. The van der Waals surface area contributed by atoms with Crippen LogP contribution in [0, 0.1) is 32.1 Å². The van der Waals surface area contributed by atoms with Crippen molar-refractivity contribution in [2.24, 2.45) is 4.99 Å². The molecule has 0 spiro atoms. The van der Waals surface area contributed by atoms with Crippen molar-refractivity contribution in [1.82, 2.24) is 20.1 Å². The van der Waals surface area contributed by atoms with E-state index < -0.39 is 12.4 Å². The fraction of sp³-hybridized carbons (Fsp3) is 0.219. The molecule has 1 aliphatic rings. The lowest BCUT2D eigenvalue weighted by atomic mass is 10.0. The molecular weight excluding hydrogens is 603 g/mol. The van der Waals surface area contributed by atoms with Crippen molar-refractivity contribution in [2.45, 2.75) is 33.6 Å². The molecule has 0 aliphatic carbocycles. The highest BCUT2D eigenvalue weighted by molar-refractivity contribution is 8.14. The van der Waals surface area contributed by atoms with Gasteiger partial charge >= 0.3 is 12.4 Å². The van der Waals surface area contributed by atoms with Crippen LogP contribution in [-0.4, -0.2) is 44.6 Å². The van der Waals surface area contributed by atoms with Crippen LogP contribution in [-0.2, 0) is 0 Å². The average molecular weight is 632 g/mol. The van der Waals surface area contributed by atoms with Crippen molar-refractivity contribution in [3.63, 3.8) is 0 Å². The molecule has 0 saturated carbocycles. The number of thioether (sulfide) groups is 1. The quantitative estimate of drug-likeness (QED) is 0.222. The van der Waals surface area contributed by atoms with E-state index >= 15 is 0 Å². The summed E-state index contributed by atoms with van der Waals surface area (Å²) >= 11 is 1.52. The van der Waals surface area contributed by atoms with Gasteiger partial charge in [0.05, 0.1) is 11.3 Å². The maximum Gasteiger partial charge on any atom is 0.573 e. The average Bonchev–Trinajstić information content (AvgIpc) is 3.48. The highest BCUT2D eigenvalue weighted by Gasteiger charge is 2.31. The number of carbonyl (C=O) groups excluding carboxylic acids is 1. The first-order chi connectivity index (χ1) is 21.5. The molecule has 45 heavy (non-hydrogen) atoms. The summed E-state index contributed by atoms with van der Waals surface area (Å²) in [7, 11) is 0. The van der Waals surface area contributed by atoms with Crippen LogP contribution in [0.4, 0.5) is 23.7 Å². The molecule has 2 heterocycles. The van der Waals surface area contributed by atoms with Gasteiger partial charge in [-0.3, -0.25) is 0 Å². The van der Waals surface area contributed by atoms with Crippen LogP contribution in [0.1, 0.15) is 28.7 Å². The number of carbonyl (C=O) groups is 1. The van der Waals surface area contributed by atoms with Gasteiger partial charge in [-0.25, -0.2) is 14.5 Å². The van der Waals surface area contributed by atoms with Gasteiger partial charge in [0.2, 0.25) is 0 Å². The number of benzene rings is 3. The van der Waals surface area contributed by atoms with Crippen molar-refractivity contribution in [1.29, 1.82) is 5.26 Å². The van der Waals surface area contributed by atoms with Crippen LogP contribution in [0.5, 0.6) is 5.75 Å². The second kappa shape index (κ2) is 13.3. The highest BCUT2D eigenvalue weighted by Crippen LogP contribution is 2.32. The normalized spacial score (nSPS) is 14.7. The number of alkyl halides is 3. The summed E-state index contributed by atoms with van der Waals surface area (Å²) in [4.78, 5) is 23.5. The van der Waals surface area contributed by atoms with Crippen molar-refractivity contribution >= 4 is 34.2 Å². The predicted molar refractivity (Wildman–Crippen MR) is 168 cm³/mol. The summed E-state index contributed by atoms with van der Waals surface area (Å²) < 4.78 is 42.6. The fourth-order valence-electron chi connectivity index (χ4n) is 5.01. The molecule has 1 N–H and O–H groups in total. The van der Waals surface area contributed by atoms with Crippen molar-refractivity contribution in [3.05, 3.63) is 95.4 Å². The van der Waals surface area contributed by atoms with Gasteiger partial charge in [-0.15, -0.1) is 18.3 Å². The van der Waals surface area contributed by atoms with E-state index in [2.05, 4.69) is 69.0 Å². The molecule has 4 aromatic rings. The molecule has 1 saturated heterocycles. The van der Waals surface area contributed by atoms with Crippen LogP contribution in [0.25, 0.3) is 22.6 Å².